The lowest BCUT2D eigenvalue weighted by atomic mass is 10.0. The van der Waals surface area contributed by atoms with Crippen LogP contribution >= 0.6 is 0 Å². The van der Waals surface area contributed by atoms with E-state index in [9.17, 15) is 10.1 Å². The second-order valence-corrected chi connectivity index (χ2v) is 5.25. The van der Waals surface area contributed by atoms with Crippen LogP contribution in [0, 0.1) is 10.1 Å². The molecule has 0 aliphatic carbocycles. The van der Waals surface area contributed by atoms with Gasteiger partial charge in [-0.3, -0.25) is 10.1 Å². The Morgan fingerprint density at radius 3 is 2.55 bits per heavy atom. The highest BCUT2D eigenvalue weighted by atomic mass is 16.7. The van der Waals surface area contributed by atoms with Gasteiger partial charge in [0.25, 0.3) is 5.69 Å². The molecule has 4 rings (SSSR count). The van der Waals surface area contributed by atoms with Gasteiger partial charge in [-0.1, -0.05) is 0 Å². The Hall–Kier alpha value is -2.89. The molecule has 0 fully saturated rings. The van der Waals surface area contributed by atoms with E-state index in [0.29, 0.717) is 0 Å². The number of nitro groups is 1. The average molecular weight is 297 g/mol. The van der Waals surface area contributed by atoms with Crippen LogP contribution in [0.15, 0.2) is 36.4 Å². The monoisotopic (exact) mass is 297 g/mol. The molecule has 0 bridgehead atoms. The van der Waals surface area contributed by atoms with Crippen LogP contribution in [0.3, 0.4) is 0 Å². The Labute approximate surface area is 126 Å². The molecule has 0 radical (unpaired) electrons. The highest BCUT2D eigenvalue weighted by Gasteiger charge is 2.23. The van der Waals surface area contributed by atoms with Crippen LogP contribution in [0.5, 0.6) is 11.5 Å². The zero-order chi connectivity index (χ0) is 15.1. The zero-order valence-corrected chi connectivity index (χ0v) is 11.7. The average Bonchev–Trinajstić information content (AvgIpc) is 2.99. The van der Waals surface area contributed by atoms with Crippen molar-refractivity contribution in [2.24, 2.45) is 0 Å². The quantitative estimate of drug-likeness (QED) is 0.485. The van der Waals surface area contributed by atoms with E-state index in [1.807, 2.05) is 18.3 Å². The number of fused-ring (bicyclic) bond motifs is 2. The number of nitro benzene ring substituents is 1. The van der Waals surface area contributed by atoms with Crippen LogP contribution in [-0.4, -0.2) is 29.1 Å². The Kier molecular flexibility index (Phi) is 2.82. The molecule has 0 saturated carbocycles. The van der Waals surface area contributed by atoms with Gasteiger partial charge in [-0.05, 0) is 17.7 Å². The molecule has 2 aliphatic heterocycles. The van der Waals surface area contributed by atoms with Gasteiger partial charge in [0.2, 0.25) is 12.5 Å². The Bertz CT molecular complexity index is 797. The third-order valence-electron chi connectivity index (χ3n) is 3.94. The Balaban J connectivity index is 1.70. The van der Waals surface area contributed by atoms with Crippen molar-refractivity contribution in [3.05, 3.63) is 57.6 Å². The molecule has 2 heterocycles. The largest absolute Gasteiger partial charge is 0.454 e. The van der Waals surface area contributed by atoms with Gasteiger partial charge in [-0.25, -0.2) is 0 Å². The predicted octanol–water partition coefficient (Wildman–Crippen LogP) is 2.64. The van der Waals surface area contributed by atoms with Gasteiger partial charge in [0.1, 0.15) is 0 Å². The van der Waals surface area contributed by atoms with Crippen molar-refractivity contribution in [1.29, 1.82) is 0 Å². The molecule has 110 valence electrons. The van der Waals surface area contributed by atoms with E-state index < -0.39 is 0 Å². The molecule has 0 unspecified atom stereocenters. The minimum Gasteiger partial charge on any atom is -0.454 e. The van der Waals surface area contributed by atoms with Gasteiger partial charge in [0.05, 0.1) is 4.92 Å². The maximum Gasteiger partial charge on any atom is 0.269 e. The van der Waals surface area contributed by atoms with E-state index in [1.54, 1.807) is 12.1 Å². The summed E-state index contributed by atoms with van der Waals surface area (Å²) in [6, 6.07) is 10.6. The number of benzene rings is 2. The molecular weight excluding hydrogens is 284 g/mol. The van der Waals surface area contributed by atoms with Gasteiger partial charge in [-0.15, -0.1) is 0 Å². The first-order valence-corrected chi connectivity index (χ1v) is 6.99. The second kappa shape index (κ2) is 4.84. The van der Waals surface area contributed by atoms with Crippen LogP contribution in [0.25, 0.3) is 0 Å². The third kappa shape index (κ3) is 2.09. The summed E-state index contributed by atoms with van der Waals surface area (Å²) in [4.78, 5) is 10.3. The van der Waals surface area contributed by atoms with Gasteiger partial charge in [-0.2, -0.15) is 4.58 Å². The topological polar surface area (TPSA) is 64.6 Å². The van der Waals surface area contributed by atoms with E-state index in [0.717, 1.165) is 35.7 Å². The van der Waals surface area contributed by atoms with Gasteiger partial charge >= 0.3 is 0 Å². The summed E-state index contributed by atoms with van der Waals surface area (Å²) in [6.45, 7) is 1.09. The smallest absolute Gasteiger partial charge is 0.269 e. The fraction of sp³-hybridized carbons (Fsp3) is 0.188. The molecule has 2 aromatic rings. The lowest BCUT2D eigenvalue weighted by molar-refractivity contribution is -0.436. The van der Waals surface area contributed by atoms with Crippen molar-refractivity contribution < 1.29 is 19.0 Å². The number of rotatable bonds is 2. The fourth-order valence-electron chi connectivity index (χ4n) is 2.78. The summed E-state index contributed by atoms with van der Waals surface area (Å²) >= 11 is 0. The number of ether oxygens (including phenoxy) is 2. The molecule has 0 amide bonds. The van der Waals surface area contributed by atoms with Crippen LogP contribution in [-0.2, 0) is 6.42 Å². The molecular formula is C16H13N2O4+. The van der Waals surface area contributed by atoms with Crippen LogP contribution in [0.1, 0.15) is 11.1 Å². The van der Waals surface area contributed by atoms with Crippen molar-refractivity contribution in [1.82, 2.24) is 0 Å². The van der Waals surface area contributed by atoms with Crippen LogP contribution in [0.2, 0.25) is 0 Å². The second-order valence-electron chi connectivity index (χ2n) is 5.25. The number of nitrogens with zero attached hydrogens (tertiary/aromatic N) is 2. The van der Waals surface area contributed by atoms with Gasteiger partial charge in [0, 0.05) is 36.2 Å². The standard InChI is InChI=1S/C16H13N2O4/c19-18(20)14-3-1-13(2-4-14)17-6-5-11-7-15-16(22-10-21-15)8-12(11)9-17/h1-4,7-9H,5-6,10H2/q+1. The van der Waals surface area contributed by atoms with E-state index in [1.165, 1.54) is 17.7 Å². The van der Waals surface area contributed by atoms with Crippen molar-refractivity contribution in [2.75, 3.05) is 13.3 Å². The summed E-state index contributed by atoms with van der Waals surface area (Å²) in [7, 11) is 0. The lowest BCUT2D eigenvalue weighted by Crippen LogP contribution is -2.18. The number of non-ortho nitro benzene ring substituents is 1. The molecule has 0 saturated heterocycles. The first-order valence-electron chi connectivity index (χ1n) is 6.99. The van der Waals surface area contributed by atoms with E-state index in [2.05, 4.69) is 4.58 Å². The normalized spacial score (nSPS) is 15.2. The van der Waals surface area contributed by atoms with E-state index in [-0.39, 0.29) is 17.4 Å². The molecule has 2 aliphatic rings. The lowest BCUT2D eigenvalue weighted by Gasteiger charge is -2.12. The highest BCUT2D eigenvalue weighted by Crippen LogP contribution is 2.35. The minimum absolute atomic E-state index is 0.101. The summed E-state index contributed by atoms with van der Waals surface area (Å²) in [5.41, 5.74) is 3.36. The zero-order valence-electron chi connectivity index (χ0n) is 11.7. The Morgan fingerprint density at radius 1 is 1.09 bits per heavy atom. The van der Waals surface area contributed by atoms with Crippen molar-refractivity contribution in [2.45, 2.75) is 6.42 Å². The minimum atomic E-state index is -0.389. The van der Waals surface area contributed by atoms with E-state index >= 15 is 0 Å². The van der Waals surface area contributed by atoms with Crippen LogP contribution in [0.4, 0.5) is 11.4 Å². The third-order valence-corrected chi connectivity index (χ3v) is 3.94. The number of hydrogen-bond donors (Lipinski definition) is 0. The first kappa shape index (κ1) is 12.8. The molecule has 2 aromatic carbocycles. The fourth-order valence-corrected chi connectivity index (χ4v) is 2.78. The summed E-state index contributed by atoms with van der Waals surface area (Å²) in [6.07, 6.45) is 2.93. The van der Waals surface area contributed by atoms with Crippen LogP contribution < -0.4 is 9.47 Å². The molecule has 0 aromatic heterocycles. The molecule has 0 atom stereocenters. The molecule has 0 N–H and O–H groups in total. The molecule has 6 heteroatoms. The SMILES string of the molecule is O=[N+]([O-])c1ccc([N+]2=Cc3cc4c(cc3CC2)OCO4)cc1. The number of hydrogen-bond acceptors (Lipinski definition) is 4. The maximum absolute atomic E-state index is 10.7. The summed E-state index contributed by atoms with van der Waals surface area (Å²) in [5.74, 6) is 1.57. The highest BCUT2D eigenvalue weighted by molar-refractivity contribution is 5.81. The molecule has 22 heavy (non-hydrogen) atoms. The van der Waals surface area contributed by atoms with Crippen molar-refractivity contribution in [3.8, 4) is 11.5 Å². The van der Waals surface area contributed by atoms with Crippen molar-refractivity contribution >= 4 is 17.6 Å². The van der Waals surface area contributed by atoms with E-state index in [4.69, 9.17) is 9.47 Å². The molecule has 6 nitrogen and oxygen atoms in total. The van der Waals surface area contributed by atoms with Gasteiger partial charge < -0.3 is 9.47 Å². The predicted molar refractivity (Wildman–Crippen MR) is 79.3 cm³/mol. The van der Waals surface area contributed by atoms with Crippen molar-refractivity contribution in [3.63, 3.8) is 0 Å². The molecule has 0 spiro atoms. The summed E-state index contributed by atoms with van der Waals surface area (Å²) in [5, 5.41) is 10.7. The summed E-state index contributed by atoms with van der Waals surface area (Å²) < 4.78 is 12.9. The first-order chi connectivity index (χ1) is 10.7. The maximum atomic E-state index is 10.7. The van der Waals surface area contributed by atoms with Gasteiger partial charge in [0.15, 0.2) is 24.3 Å². The Morgan fingerprint density at radius 2 is 1.82 bits per heavy atom.